The molecule has 3 amide bonds. The van der Waals surface area contributed by atoms with Crippen LogP contribution < -0.4 is 5.32 Å². The lowest BCUT2D eigenvalue weighted by Gasteiger charge is -2.38. The zero-order valence-corrected chi connectivity index (χ0v) is 19.1. The SMILES string of the molecule is O=C(CN1CCN(C(=O)N2CCOCC2)CC1)Nc1ccc(S(=O)(=O)N2CCCC2)cc1. The molecule has 1 aromatic rings. The average molecular weight is 466 g/mol. The monoisotopic (exact) mass is 465 g/mol. The molecule has 176 valence electrons. The van der Waals surface area contributed by atoms with Crippen molar-refractivity contribution in [2.75, 3.05) is 77.4 Å². The van der Waals surface area contributed by atoms with E-state index in [-0.39, 0.29) is 23.4 Å². The van der Waals surface area contributed by atoms with Crippen molar-refractivity contribution in [2.24, 2.45) is 0 Å². The molecule has 0 atom stereocenters. The zero-order valence-electron chi connectivity index (χ0n) is 18.2. The van der Waals surface area contributed by atoms with E-state index in [0.717, 1.165) is 12.8 Å². The molecular weight excluding hydrogens is 434 g/mol. The van der Waals surface area contributed by atoms with Gasteiger partial charge in [-0.15, -0.1) is 0 Å². The summed E-state index contributed by atoms with van der Waals surface area (Å²) in [5.74, 6) is -0.159. The average Bonchev–Trinajstić information content (AvgIpc) is 3.36. The third-order valence-electron chi connectivity index (χ3n) is 6.13. The summed E-state index contributed by atoms with van der Waals surface area (Å²) >= 11 is 0. The van der Waals surface area contributed by atoms with E-state index in [1.54, 1.807) is 24.3 Å². The second-order valence-corrected chi connectivity index (χ2v) is 10.3. The van der Waals surface area contributed by atoms with Gasteiger partial charge in [0.2, 0.25) is 15.9 Å². The number of amides is 3. The van der Waals surface area contributed by atoms with Gasteiger partial charge in [0, 0.05) is 58.0 Å². The van der Waals surface area contributed by atoms with Crippen LogP contribution in [-0.4, -0.2) is 111 Å². The zero-order chi connectivity index (χ0) is 22.6. The van der Waals surface area contributed by atoms with E-state index >= 15 is 0 Å². The molecule has 3 heterocycles. The lowest BCUT2D eigenvalue weighted by molar-refractivity contribution is -0.117. The summed E-state index contributed by atoms with van der Waals surface area (Å²) in [7, 11) is -3.46. The normalized spacial score (nSPS) is 21.0. The Hall–Kier alpha value is -2.21. The van der Waals surface area contributed by atoms with E-state index in [1.165, 1.54) is 4.31 Å². The van der Waals surface area contributed by atoms with Crippen LogP contribution in [0.5, 0.6) is 0 Å². The predicted octanol–water partition coefficient (Wildman–Crippen LogP) is 0.479. The molecule has 0 unspecified atom stereocenters. The van der Waals surface area contributed by atoms with Gasteiger partial charge >= 0.3 is 6.03 Å². The molecule has 3 saturated heterocycles. The smallest absolute Gasteiger partial charge is 0.320 e. The molecule has 11 heteroatoms. The molecule has 3 fully saturated rings. The number of hydrogen-bond acceptors (Lipinski definition) is 6. The third kappa shape index (κ3) is 5.40. The number of morpholine rings is 1. The first kappa shape index (κ1) is 23.0. The van der Waals surface area contributed by atoms with Gasteiger partial charge in [-0.1, -0.05) is 0 Å². The molecule has 4 rings (SSSR count). The van der Waals surface area contributed by atoms with E-state index in [0.29, 0.717) is 71.3 Å². The van der Waals surface area contributed by atoms with Crippen molar-refractivity contribution in [2.45, 2.75) is 17.7 Å². The molecule has 0 spiro atoms. The van der Waals surface area contributed by atoms with Crippen LogP contribution in [0.25, 0.3) is 0 Å². The van der Waals surface area contributed by atoms with Crippen molar-refractivity contribution >= 4 is 27.6 Å². The maximum Gasteiger partial charge on any atom is 0.320 e. The Balaban J connectivity index is 1.23. The van der Waals surface area contributed by atoms with E-state index in [9.17, 15) is 18.0 Å². The van der Waals surface area contributed by atoms with Crippen molar-refractivity contribution < 1.29 is 22.7 Å². The van der Waals surface area contributed by atoms with Crippen molar-refractivity contribution in [3.63, 3.8) is 0 Å². The second kappa shape index (κ2) is 10.2. The predicted molar refractivity (Wildman–Crippen MR) is 119 cm³/mol. The first-order chi connectivity index (χ1) is 15.4. The quantitative estimate of drug-likeness (QED) is 0.679. The number of piperazine rings is 1. The minimum Gasteiger partial charge on any atom is -0.378 e. The summed E-state index contributed by atoms with van der Waals surface area (Å²) in [4.78, 5) is 30.9. The van der Waals surface area contributed by atoms with Gasteiger partial charge in [-0.25, -0.2) is 13.2 Å². The molecule has 0 saturated carbocycles. The van der Waals surface area contributed by atoms with Crippen molar-refractivity contribution in [1.82, 2.24) is 19.0 Å². The number of ether oxygens (including phenoxy) is 1. The fourth-order valence-corrected chi connectivity index (χ4v) is 5.76. The molecular formula is C21H31N5O5S. The highest BCUT2D eigenvalue weighted by atomic mass is 32.2. The minimum absolute atomic E-state index is 0.0429. The summed E-state index contributed by atoms with van der Waals surface area (Å²) in [6.45, 7) is 6.21. The summed E-state index contributed by atoms with van der Waals surface area (Å²) in [5, 5.41) is 2.83. The number of sulfonamides is 1. The second-order valence-electron chi connectivity index (χ2n) is 8.33. The van der Waals surface area contributed by atoms with Gasteiger partial charge in [-0.05, 0) is 37.1 Å². The number of urea groups is 1. The number of nitrogens with one attached hydrogen (secondary N) is 1. The largest absolute Gasteiger partial charge is 0.378 e. The summed E-state index contributed by atoms with van der Waals surface area (Å²) in [6.07, 6.45) is 1.78. The number of anilines is 1. The number of benzene rings is 1. The number of carbonyl (C=O) groups is 2. The summed E-state index contributed by atoms with van der Waals surface area (Å²) < 4.78 is 32.0. The highest BCUT2D eigenvalue weighted by Crippen LogP contribution is 2.22. The highest BCUT2D eigenvalue weighted by Gasteiger charge is 2.28. The van der Waals surface area contributed by atoms with Crippen LogP contribution in [0.1, 0.15) is 12.8 Å². The first-order valence-corrected chi connectivity index (χ1v) is 12.6. The van der Waals surface area contributed by atoms with Crippen LogP contribution in [-0.2, 0) is 19.6 Å². The Morgan fingerprint density at radius 1 is 0.844 bits per heavy atom. The minimum atomic E-state index is -3.46. The van der Waals surface area contributed by atoms with E-state index in [1.807, 2.05) is 14.7 Å². The standard InChI is InChI=1S/C21H31N5O5S/c27-20(17-23-9-11-24(12-10-23)21(28)25-13-15-31-16-14-25)22-18-3-5-19(6-4-18)32(29,30)26-7-1-2-8-26/h3-6H,1-2,7-17H2,(H,22,27). The molecule has 0 aliphatic carbocycles. The van der Waals surface area contributed by atoms with Gasteiger partial charge in [0.05, 0.1) is 24.7 Å². The van der Waals surface area contributed by atoms with Gasteiger partial charge in [0.25, 0.3) is 0 Å². The number of nitrogens with zero attached hydrogens (tertiary/aromatic N) is 4. The lowest BCUT2D eigenvalue weighted by atomic mass is 10.3. The Morgan fingerprint density at radius 3 is 2.06 bits per heavy atom. The molecule has 3 aliphatic heterocycles. The number of rotatable bonds is 5. The van der Waals surface area contributed by atoms with Crippen LogP contribution >= 0.6 is 0 Å². The maximum absolute atomic E-state index is 12.6. The summed E-state index contributed by atoms with van der Waals surface area (Å²) in [5.41, 5.74) is 0.566. The number of hydrogen-bond donors (Lipinski definition) is 1. The molecule has 0 aromatic heterocycles. The molecule has 10 nitrogen and oxygen atoms in total. The van der Waals surface area contributed by atoms with Crippen LogP contribution in [0.2, 0.25) is 0 Å². The van der Waals surface area contributed by atoms with Gasteiger partial charge in [-0.3, -0.25) is 9.69 Å². The van der Waals surface area contributed by atoms with Crippen LogP contribution in [0.4, 0.5) is 10.5 Å². The topological polar surface area (TPSA) is 102 Å². The van der Waals surface area contributed by atoms with Crippen LogP contribution in [0.3, 0.4) is 0 Å². The molecule has 32 heavy (non-hydrogen) atoms. The highest BCUT2D eigenvalue weighted by molar-refractivity contribution is 7.89. The molecule has 1 aromatic carbocycles. The van der Waals surface area contributed by atoms with Gasteiger partial charge < -0.3 is 19.9 Å². The van der Waals surface area contributed by atoms with E-state index < -0.39 is 10.0 Å². The number of carbonyl (C=O) groups excluding carboxylic acids is 2. The Kier molecular flexibility index (Phi) is 7.29. The fourth-order valence-electron chi connectivity index (χ4n) is 4.24. The summed E-state index contributed by atoms with van der Waals surface area (Å²) in [6, 6.07) is 6.37. The van der Waals surface area contributed by atoms with E-state index in [4.69, 9.17) is 4.74 Å². The van der Waals surface area contributed by atoms with Gasteiger partial charge in [0.15, 0.2) is 0 Å². The van der Waals surface area contributed by atoms with Gasteiger partial charge in [0.1, 0.15) is 0 Å². The van der Waals surface area contributed by atoms with Crippen molar-refractivity contribution in [3.05, 3.63) is 24.3 Å². The molecule has 0 radical (unpaired) electrons. The lowest BCUT2D eigenvalue weighted by Crippen LogP contribution is -2.55. The third-order valence-corrected chi connectivity index (χ3v) is 8.05. The van der Waals surface area contributed by atoms with Gasteiger partial charge in [-0.2, -0.15) is 4.31 Å². The Labute approximate surface area is 189 Å². The molecule has 1 N–H and O–H groups in total. The van der Waals surface area contributed by atoms with E-state index in [2.05, 4.69) is 5.32 Å². The van der Waals surface area contributed by atoms with Crippen LogP contribution in [0, 0.1) is 0 Å². The van der Waals surface area contributed by atoms with Crippen molar-refractivity contribution in [3.8, 4) is 0 Å². The first-order valence-electron chi connectivity index (χ1n) is 11.2. The molecule has 0 bridgehead atoms. The fraction of sp³-hybridized carbons (Fsp3) is 0.619. The maximum atomic E-state index is 12.6. The molecule has 3 aliphatic rings. The van der Waals surface area contributed by atoms with Crippen molar-refractivity contribution in [1.29, 1.82) is 0 Å². The Morgan fingerprint density at radius 2 is 1.44 bits per heavy atom. The Bertz CT molecular complexity index is 903. The van der Waals surface area contributed by atoms with Crippen LogP contribution in [0.15, 0.2) is 29.2 Å².